The van der Waals surface area contributed by atoms with Crippen LogP contribution in [-0.4, -0.2) is 70.0 Å². The minimum absolute atomic E-state index is 0.0275. The Morgan fingerprint density at radius 1 is 0.646 bits per heavy atom. The van der Waals surface area contributed by atoms with Gasteiger partial charge in [0.05, 0.1) is 24.9 Å². The Kier molecular flexibility index (Phi) is 31.3. The molecule has 4 atom stereocenters. The fourth-order valence-electron chi connectivity index (χ4n) is 4.90. The Balaban J connectivity index is 3.95. The van der Waals surface area contributed by atoms with Gasteiger partial charge in [-0.2, -0.15) is 0 Å². The average Bonchev–Trinajstić information content (AvgIpc) is 3.06. The molecule has 0 amide bonds. The van der Waals surface area contributed by atoms with Gasteiger partial charge in [0.2, 0.25) is 0 Å². The number of allylic oxidation sites excluding steroid dienone is 7. The van der Waals surface area contributed by atoms with E-state index in [0.29, 0.717) is 12.8 Å². The molecule has 0 rings (SSSR count). The summed E-state index contributed by atoms with van der Waals surface area (Å²) >= 11 is 0. The minimum Gasteiger partial charge on any atom is -0.462 e. The summed E-state index contributed by atoms with van der Waals surface area (Å²) in [4.78, 5) is 24.2. The SMILES string of the molecule is CC/C=C\C[C@@H](O)/C=C/C=C/C=C\C=C/[C@H](O)[C@@H](O)CCCC(=O)OC[C@H](CO)OC(=O)CCCCCCCCCCCCCC(C)C. The van der Waals surface area contributed by atoms with Gasteiger partial charge in [0.15, 0.2) is 6.10 Å². The first-order chi connectivity index (χ1) is 23.2. The first-order valence-electron chi connectivity index (χ1n) is 18.5. The molecule has 0 spiro atoms. The molecular weight excluding hydrogens is 608 g/mol. The molecule has 0 aromatic carbocycles. The summed E-state index contributed by atoms with van der Waals surface area (Å²) in [6.45, 7) is 5.95. The van der Waals surface area contributed by atoms with Gasteiger partial charge in [-0.25, -0.2) is 0 Å². The van der Waals surface area contributed by atoms with E-state index in [1.807, 2.05) is 19.1 Å². The van der Waals surface area contributed by atoms with Gasteiger partial charge in [-0.15, -0.1) is 0 Å². The van der Waals surface area contributed by atoms with Crippen LogP contribution < -0.4 is 0 Å². The van der Waals surface area contributed by atoms with Gasteiger partial charge in [-0.1, -0.05) is 152 Å². The van der Waals surface area contributed by atoms with Crippen LogP contribution in [0.2, 0.25) is 0 Å². The molecule has 0 aromatic rings. The van der Waals surface area contributed by atoms with Crippen molar-refractivity contribution >= 4 is 11.9 Å². The Bertz CT molecular complexity index is 920. The zero-order valence-corrected chi connectivity index (χ0v) is 30.2. The standard InChI is InChI=1S/C40H68O8/c1-4-5-19-26-35(42)27-21-16-13-14-17-22-28-37(43)38(44)29-24-31-39(45)47-33-36(32-41)48-40(46)30-23-18-12-10-8-6-7-9-11-15-20-25-34(2)3/h5,13-14,16-17,19,21-22,27-28,34-38,41-44H,4,6-12,15,18,20,23-26,29-33H2,1-3H3/b16-13+,17-14-,19-5-,27-21+,28-22-/t35-,36+,37+,38+/m1/s1. The van der Waals surface area contributed by atoms with Crippen LogP contribution in [0.1, 0.15) is 136 Å². The summed E-state index contributed by atoms with van der Waals surface area (Å²) in [6, 6.07) is 0. The maximum absolute atomic E-state index is 12.1. The van der Waals surface area contributed by atoms with Gasteiger partial charge in [0.1, 0.15) is 6.61 Å². The van der Waals surface area contributed by atoms with Gasteiger partial charge >= 0.3 is 11.9 Å². The molecule has 0 fully saturated rings. The average molecular weight is 677 g/mol. The molecule has 0 saturated carbocycles. The van der Waals surface area contributed by atoms with Crippen molar-refractivity contribution in [3.63, 3.8) is 0 Å². The number of carbonyl (C=O) groups is 2. The van der Waals surface area contributed by atoms with Crippen LogP contribution in [-0.2, 0) is 19.1 Å². The number of aliphatic hydroxyl groups excluding tert-OH is 4. The van der Waals surface area contributed by atoms with Crippen molar-refractivity contribution in [3.05, 3.63) is 60.8 Å². The lowest BCUT2D eigenvalue weighted by molar-refractivity contribution is -0.161. The molecular formula is C40H68O8. The second-order valence-corrected chi connectivity index (χ2v) is 13.0. The first kappa shape index (κ1) is 45.5. The highest BCUT2D eigenvalue weighted by Gasteiger charge is 2.17. The lowest BCUT2D eigenvalue weighted by Crippen LogP contribution is -2.28. The third-order valence-electron chi connectivity index (χ3n) is 7.85. The predicted molar refractivity (Wildman–Crippen MR) is 195 cm³/mol. The van der Waals surface area contributed by atoms with Crippen molar-refractivity contribution in [1.29, 1.82) is 0 Å². The second-order valence-electron chi connectivity index (χ2n) is 13.0. The van der Waals surface area contributed by atoms with Crippen LogP contribution in [0.25, 0.3) is 0 Å². The predicted octanol–water partition coefficient (Wildman–Crippen LogP) is 8.00. The van der Waals surface area contributed by atoms with Gasteiger partial charge < -0.3 is 29.9 Å². The highest BCUT2D eigenvalue weighted by Crippen LogP contribution is 2.14. The smallest absolute Gasteiger partial charge is 0.306 e. The summed E-state index contributed by atoms with van der Waals surface area (Å²) in [7, 11) is 0. The number of aliphatic hydroxyl groups is 4. The topological polar surface area (TPSA) is 134 Å². The maximum atomic E-state index is 12.1. The minimum atomic E-state index is -1.09. The fraction of sp³-hybridized carbons (Fsp3) is 0.700. The summed E-state index contributed by atoms with van der Waals surface area (Å²) in [5.74, 6) is -0.117. The summed E-state index contributed by atoms with van der Waals surface area (Å²) in [5.41, 5.74) is 0. The molecule has 0 aromatic heterocycles. The van der Waals surface area contributed by atoms with Crippen molar-refractivity contribution in [2.45, 2.75) is 161 Å². The maximum Gasteiger partial charge on any atom is 0.306 e. The number of unbranched alkanes of at least 4 members (excludes halogenated alkanes) is 10. The third kappa shape index (κ3) is 30.8. The second kappa shape index (κ2) is 33.0. The summed E-state index contributed by atoms with van der Waals surface area (Å²) in [6.07, 6.45) is 30.9. The van der Waals surface area contributed by atoms with Gasteiger partial charge in [0.25, 0.3) is 0 Å². The van der Waals surface area contributed by atoms with E-state index in [1.165, 1.54) is 63.9 Å². The molecule has 4 N–H and O–H groups in total. The van der Waals surface area contributed by atoms with E-state index in [-0.39, 0.29) is 25.9 Å². The number of hydrogen-bond donors (Lipinski definition) is 4. The lowest BCUT2D eigenvalue weighted by atomic mass is 10.0. The monoisotopic (exact) mass is 676 g/mol. The molecule has 0 aliphatic rings. The molecule has 8 heteroatoms. The molecule has 0 unspecified atom stereocenters. The van der Waals surface area contributed by atoms with Crippen LogP contribution in [0, 0.1) is 5.92 Å². The van der Waals surface area contributed by atoms with Gasteiger partial charge in [-0.05, 0) is 38.0 Å². The van der Waals surface area contributed by atoms with Crippen molar-refractivity contribution in [2.75, 3.05) is 13.2 Å². The summed E-state index contributed by atoms with van der Waals surface area (Å²) in [5, 5.41) is 39.6. The van der Waals surface area contributed by atoms with E-state index >= 15 is 0 Å². The molecule has 0 saturated heterocycles. The van der Waals surface area contributed by atoms with Crippen molar-refractivity contribution in [3.8, 4) is 0 Å². The van der Waals surface area contributed by atoms with Gasteiger partial charge in [0, 0.05) is 12.8 Å². The highest BCUT2D eigenvalue weighted by atomic mass is 16.6. The zero-order valence-electron chi connectivity index (χ0n) is 30.2. The number of carbonyl (C=O) groups excluding carboxylic acids is 2. The molecule has 276 valence electrons. The molecule has 0 aliphatic heterocycles. The van der Waals surface area contributed by atoms with E-state index in [9.17, 15) is 30.0 Å². The molecule has 48 heavy (non-hydrogen) atoms. The quantitative estimate of drug-likeness (QED) is 0.0251. The van der Waals surface area contributed by atoms with E-state index in [4.69, 9.17) is 9.47 Å². The number of rotatable bonds is 31. The van der Waals surface area contributed by atoms with Crippen LogP contribution in [0.15, 0.2) is 60.8 Å². The van der Waals surface area contributed by atoms with E-state index in [0.717, 1.165) is 31.6 Å². The molecule has 0 aliphatic carbocycles. The molecule has 0 bridgehead atoms. The number of esters is 2. The first-order valence-corrected chi connectivity index (χ1v) is 18.5. The summed E-state index contributed by atoms with van der Waals surface area (Å²) < 4.78 is 10.4. The fourth-order valence-corrected chi connectivity index (χ4v) is 4.90. The number of hydrogen-bond acceptors (Lipinski definition) is 8. The van der Waals surface area contributed by atoms with Gasteiger partial charge in [-0.3, -0.25) is 9.59 Å². The Morgan fingerprint density at radius 3 is 1.77 bits per heavy atom. The molecule has 0 radical (unpaired) electrons. The molecule has 8 nitrogen and oxygen atoms in total. The van der Waals surface area contributed by atoms with E-state index in [1.54, 1.807) is 42.5 Å². The highest BCUT2D eigenvalue weighted by molar-refractivity contribution is 5.70. The van der Waals surface area contributed by atoms with Crippen LogP contribution >= 0.6 is 0 Å². The van der Waals surface area contributed by atoms with Crippen LogP contribution in [0.5, 0.6) is 0 Å². The number of ether oxygens (including phenoxy) is 2. The normalized spacial score (nSPS) is 15.0. The van der Waals surface area contributed by atoms with Crippen LogP contribution in [0.4, 0.5) is 0 Å². The van der Waals surface area contributed by atoms with Crippen LogP contribution in [0.3, 0.4) is 0 Å². The Labute approximate surface area is 291 Å². The Morgan fingerprint density at radius 2 is 1.19 bits per heavy atom. The zero-order chi connectivity index (χ0) is 35.7. The van der Waals surface area contributed by atoms with E-state index < -0.39 is 43.0 Å². The largest absolute Gasteiger partial charge is 0.462 e. The Hall–Kier alpha value is -2.52. The van der Waals surface area contributed by atoms with Crippen molar-refractivity contribution in [1.82, 2.24) is 0 Å². The third-order valence-corrected chi connectivity index (χ3v) is 7.85. The lowest BCUT2D eigenvalue weighted by Gasteiger charge is -2.16. The molecule has 0 heterocycles. The van der Waals surface area contributed by atoms with Crippen molar-refractivity contribution < 1.29 is 39.5 Å². The van der Waals surface area contributed by atoms with Crippen molar-refractivity contribution in [2.24, 2.45) is 5.92 Å². The van der Waals surface area contributed by atoms with E-state index in [2.05, 4.69) is 13.8 Å².